The van der Waals surface area contributed by atoms with Gasteiger partial charge in [-0.25, -0.2) is 16.6 Å². The Morgan fingerprint density at radius 1 is 1.04 bits per heavy atom. The third-order valence-electron chi connectivity index (χ3n) is 4.40. The highest BCUT2D eigenvalue weighted by molar-refractivity contribution is 7.90. The first-order valence-electron chi connectivity index (χ1n) is 8.91. The molecule has 5 nitrogen and oxygen atoms in total. The Hall–Kier alpha value is -2.25. The number of aromatic nitrogens is 1. The van der Waals surface area contributed by atoms with Gasteiger partial charge >= 0.3 is 0 Å². The Morgan fingerprint density at radius 2 is 1.68 bits per heavy atom. The van der Waals surface area contributed by atoms with Crippen LogP contribution >= 0.6 is 0 Å². The van der Waals surface area contributed by atoms with Crippen LogP contribution in [0.15, 0.2) is 64.0 Å². The molecule has 0 unspecified atom stereocenters. The zero-order chi connectivity index (χ0) is 20.7. The maximum atomic E-state index is 13.1. The molecule has 0 fully saturated rings. The molecule has 0 spiro atoms. The highest BCUT2D eigenvalue weighted by atomic mass is 32.2. The molecule has 3 rings (SSSR count). The van der Waals surface area contributed by atoms with E-state index in [1.807, 2.05) is 39.8 Å². The number of nitrogens with zero attached hydrogens (tertiary/aromatic N) is 2. The van der Waals surface area contributed by atoms with E-state index < -0.39 is 25.8 Å². The van der Waals surface area contributed by atoms with Gasteiger partial charge in [0.1, 0.15) is 11.0 Å². The largest absolute Gasteiger partial charge is 0.268 e. The minimum absolute atomic E-state index is 0.236. The molecule has 0 amide bonds. The van der Waals surface area contributed by atoms with Crippen LogP contribution < -0.4 is 0 Å². The minimum atomic E-state index is -3.71. The number of rotatable bonds is 4. The molecule has 0 aliphatic carbocycles. The lowest BCUT2D eigenvalue weighted by Gasteiger charge is -2.14. The molecule has 0 N–H and O–H groups in total. The maximum absolute atomic E-state index is 13.1. The first-order valence-corrected chi connectivity index (χ1v) is 11.5. The van der Waals surface area contributed by atoms with E-state index in [1.54, 1.807) is 49.5 Å². The van der Waals surface area contributed by atoms with Gasteiger partial charge in [0.05, 0.1) is 20.9 Å². The lowest BCUT2D eigenvalue weighted by molar-refractivity contribution is 0.589. The summed E-state index contributed by atoms with van der Waals surface area (Å²) in [5, 5.41) is 0.809. The molecular formula is C21H24N2O3S2. The molecule has 1 aromatic heterocycles. The summed E-state index contributed by atoms with van der Waals surface area (Å²) < 4.78 is 43.6. The molecule has 148 valence electrons. The zero-order valence-corrected chi connectivity index (χ0v) is 18.3. The van der Waals surface area contributed by atoms with E-state index in [1.165, 1.54) is 3.97 Å². The van der Waals surface area contributed by atoms with Gasteiger partial charge in [-0.2, -0.15) is 4.40 Å². The van der Waals surface area contributed by atoms with Gasteiger partial charge in [0.25, 0.3) is 10.0 Å². The highest BCUT2D eigenvalue weighted by Crippen LogP contribution is 2.24. The van der Waals surface area contributed by atoms with Crippen molar-refractivity contribution in [3.63, 3.8) is 0 Å². The Balaban J connectivity index is 2.10. The number of hydrogen-bond donors (Lipinski definition) is 0. The van der Waals surface area contributed by atoms with Gasteiger partial charge in [0, 0.05) is 11.6 Å². The van der Waals surface area contributed by atoms with Crippen molar-refractivity contribution in [2.75, 3.05) is 0 Å². The van der Waals surface area contributed by atoms with Crippen LogP contribution in [0, 0.1) is 6.92 Å². The summed E-state index contributed by atoms with van der Waals surface area (Å²) in [4.78, 5) is 0.236. The van der Waals surface area contributed by atoms with Crippen molar-refractivity contribution in [1.29, 1.82) is 0 Å². The molecule has 2 aromatic carbocycles. The molecule has 0 saturated carbocycles. The molecule has 3 aromatic rings. The predicted molar refractivity (Wildman–Crippen MR) is 116 cm³/mol. The summed E-state index contributed by atoms with van der Waals surface area (Å²) in [6, 6.07) is 14.0. The molecule has 7 heteroatoms. The van der Waals surface area contributed by atoms with E-state index in [4.69, 9.17) is 0 Å². The number of aryl methyl sites for hydroxylation is 1. The van der Waals surface area contributed by atoms with E-state index in [0.29, 0.717) is 11.2 Å². The second kappa shape index (κ2) is 7.29. The topological polar surface area (TPSA) is 68.5 Å². The van der Waals surface area contributed by atoms with Crippen LogP contribution in [0.2, 0.25) is 0 Å². The first kappa shape index (κ1) is 20.5. The van der Waals surface area contributed by atoms with Crippen LogP contribution in [0.1, 0.15) is 38.8 Å². The standard InChI is InChI=1S/C21H24N2O3S2/c1-15-6-10-19(11-7-15)28(25,26)23-13-12-17-8-9-18(14-20(17)23)16(2)22-27(24)21(3,4)5/h6-14H,1-5H3/b22-16+/t27-/m0/s1. The van der Waals surface area contributed by atoms with Crippen molar-refractivity contribution in [3.05, 3.63) is 65.9 Å². The number of fused-ring (bicyclic) bond motifs is 1. The van der Waals surface area contributed by atoms with Crippen LogP contribution in [0.5, 0.6) is 0 Å². The SMILES string of the molecule is C/C(=N\[S@@](=O)C(C)(C)C)c1ccc2ccn(S(=O)(=O)c3ccc(C)cc3)c2c1. The molecular weight excluding hydrogens is 392 g/mol. The summed E-state index contributed by atoms with van der Waals surface area (Å²) >= 11 is 0. The fraction of sp³-hybridized carbons (Fsp3) is 0.286. The van der Waals surface area contributed by atoms with Gasteiger partial charge in [-0.15, -0.1) is 0 Å². The average molecular weight is 417 g/mol. The van der Waals surface area contributed by atoms with Crippen molar-refractivity contribution in [1.82, 2.24) is 3.97 Å². The Morgan fingerprint density at radius 3 is 2.29 bits per heavy atom. The van der Waals surface area contributed by atoms with Crippen LogP contribution in [-0.2, 0) is 21.0 Å². The van der Waals surface area contributed by atoms with Crippen LogP contribution in [-0.4, -0.2) is 27.1 Å². The predicted octanol–water partition coefficient (Wildman–Crippen LogP) is 4.46. The first-order chi connectivity index (χ1) is 13.0. The number of benzene rings is 2. The second-order valence-electron chi connectivity index (χ2n) is 7.74. The van der Waals surface area contributed by atoms with E-state index in [-0.39, 0.29) is 4.90 Å². The quantitative estimate of drug-likeness (QED) is 0.590. The molecule has 0 aliphatic heterocycles. The fourth-order valence-corrected chi connectivity index (χ4v) is 4.65. The van der Waals surface area contributed by atoms with E-state index >= 15 is 0 Å². The van der Waals surface area contributed by atoms with Crippen molar-refractivity contribution in [2.24, 2.45) is 4.40 Å². The lowest BCUT2D eigenvalue weighted by atomic mass is 10.1. The molecule has 1 heterocycles. The van der Waals surface area contributed by atoms with E-state index in [2.05, 4.69) is 4.40 Å². The van der Waals surface area contributed by atoms with Crippen LogP contribution in [0.3, 0.4) is 0 Å². The van der Waals surface area contributed by atoms with Crippen molar-refractivity contribution in [3.8, 4) is 0 Å². The van der Waals surface area contributed by atoms with E-state index in [0.717, 1.165) is 16.5 Å². The minimum Gasteiger partial charge on any atom is -0.241 e. The summed E-state index contributed by atoms with van der Waals surface area (Å²) in [5.41, 5.74) is 2.91. The van der Waals surface area contributed by atoms with Gasteiger partial charge in [0.2, 0.25) is 0 Å². The Bertz CT molecular complexity index is 1180. The van der Waals surface area contributed by atoms with Gasteiger partial charge in [-0.05, 0) is 64.4 Å². The molecule has 0 saturated heterocycles. The summed E-state index contributed by atoms with van der Waals surface area (Å²) in [5.74, 6) is 0. The maximum Gasteiger partial charge on any atom is 0.268 e. The highest BCUT2D eigenvalue weighted by Gasteiger charge is 2.21. The smallest absolute Gasteiger partial charge is 0.241 e. The normalized spacial score (nSPS) is 14.4. The van der Waals surface area contributed by atoms with Gasteiger partial charge in [0.15, 0.2) is 0 Å². The van der Waals surface area contributed by atoms with Crippen molar-refractivity contribution < 1.29 is 12.6 Å². The Labute approximate surface area is 168 Å². The molecule has 0 radical (unpaired) electrons. The molecule has 0 aliphatic rings. The third-order valence-corrected chi connectivity index (χ3v) is 7.59. The summed E-state index contributed by atoms with van der Waals surface area (Å²) in [7, 11) is -5.09. The van der Waals surface area contributed by atoms with Gasteiger partial charge in [-0.1, -0.05) is 29.8 Å². The van der Waals surface area contributed by atoms with Gasteiger partial charge in [-0.3, -0.25) is 0 Å². The average Bonchev–Trinajstić information content (AvgIpc) is 3.05. The van der Waals surface area contributed by atoms with Crippen molar-refractivity contribution in [2.45, 2.75) is 44.3 Å². The molecule has 28 heavy (non-hydrogen) atoms. The van der Waals surface area contributed by atoms with Crippen molar-refractivity contribution >= 4 is 37.6 Å². The van der Waals surface area contributed by atoms with Gasteiger partial charge < -0.3 is 0 Å². The second-order valence-corrected chi connectivity index (χ2v) is 11.5. The Kier molecular flexibility index (Phi) is 5.34. The summed E-state index contributed by atoms with van der Waals surface area (Å²) in [6.07, 6.45) is 1.56. The zero-order valence-electron chi connectivity index (χ0n) is 16.6. The fourth-order valence-electron chi connectivity index (χ4n) is 2.68. The van der Waals surface area contributed by atoms with E-state index in [9.17, 15) is 12.6 Å². The number of hydrogen-bond acceptors (Lipinski definition) is 3. The molecule has 1 atom stereocenters. The van der Waals surface area contributed by atoms with Crippen LogP contribution in [0.4, 0.5) is 0 Å². The van der Waals surface area contributed by atoms with Crippen LogP contribution in [0.25, 0.3) is 10.9 Å². The molecule has 0 bridgehead atoms. The summed E-state index contributed by atoms with van der Waals surface area (Å²) in [6.45, 7) is 9.29. The lowest BCUT2D eigenvalue weighted by Crippen LogP contribution is -2.20. The third kappa shape index (κ3) is 3.95. The monoisotopic (exact) mass is 416 g/mol.